The van der Waals surface area contributed by atoms with E-state index in [0.717, 1.165) is 42.7 Å². The summed E-state index contributed by atoms with van der Waals surface area (Å²) in [7, 11) is 1.79. The summed E-state index contributed by atoms with van der Waals surface area (Å²) < 4.78 is 0. The predicted octanol–water partition coefficient (Wildman–Crippen LogP) is 4.07. The number of pyridine rings is 1. The molecule has 0 bridgehead atoms. The van der Waals surface area contributed by atoms with Crippen molar-refractivity contribution in [1.29, 1.82) is 5.26 Å². The maximum Gasteiger partial charge on any atom is 0.101 e. The lowest BCUT2D eigenvalue weighted by molar-refractivity contribution is 0.537. The number of rotatable bonds is 3. The molecule has 0 saturated carbocycles. The highest BCUT2D eigenvalue weighted by Crippen LogP contribution is 2.33. The van der Waals surface area contributed by atoms with Gasteiger partial charge in [-0.2, -0.15) is 5.26 Å². The van der Waals surface area contributed by atoms with Crippen LogP contribution >= 0.6 is 0 Å². The first-order valence-corrected chi connectivity index (χ1v) is 7.77. The molecule has 0 aliphatic heterocycles. The van der Waals surface area contributed by atoms with Gasteiger partial charge < -0.3 is 0 Å². The van der Waals surface area contributed by atoms with E-state index >= 15 is 0 Å². The summed E-state index contributed by atoms with van der Waals surface area (Å²) >= 11 is 0. The molecule has 1 aromatic heterocycles. The first-order chi connectivity index (χ1) is 10.2. The standard InChI is InChI=1S/C18H23N3/c1-4-13-8-9-16(17(20-3)15(11-13)12-19)18-14(5-2)7-6-10-21-18/h6-7,10-11,13,16H,4-5,8-9H2,1-3H3. The van der Waals surface area contributed by atoms with Gasteiger partial charge in [0.25, 0.3) is 0 Å². The van der Waals surface area contributed by atoms with Gasteiger partial charge in [-0.05, 0) is 43.2 Å². The number of aliphatic imine (C=N–C) groups is 1. The van der Waals surface area contributed by atoms with Crippen LogP contribution in [-0.4, -0.2) is 17.7 Å². The smallest absolute Gasteiger partial charge is 0.101 e. The zero-order valence-corrected chi connectivity index (χ0v) is 13.1. The monoisotopic (exact) mass is 281 g/mol. The van der Waals surface area contributed by atoms with E-state index in [4.69, 9.17) is 0 Å². The highest BCUT2D eigenvalue weighted by molar-refractivity contribution is 6.07. The Morgan fingerprint density at radius 3 is 2.81 bits per heavy atom. The Labute approximate surface area is 127 Å². The molecular weight excluding hydrogens is 258 g/mol. The summed E-state index contributed by atoms with van der Waals surface area (Å²) in [6.45, 7) is 4.33. The van der Waals surface area contributed by atoms with Crippen LogP contribution in [0.5, 0.6) is 0 Å². The normalized spacial score (nSPS) is 24.3. The van der Waals surface area contributed by atoms with Crippen LogP contribution < -0.4 is 0 Å². The minimum absolute atomic E-state index is 0.147. The van der Waals surface area contributed by atoms with Gasteiger partial charge in [0.2, 0.25) is 0 Å². The van der Waals surface area contributed by atoms with Gasteiger partial charge in [-0.15, -0.1) is 0 Å². The van der Waals surface area contributed by atoms with Crippen LogP contribution in [0.3, 0.4) is 0 Å². The van der Waals surface area contributed by atoms with Crippen LogP contribution in [0.15, 0.2) is 35.0 Å². The topological polar surface area (TPSA) is 49.0 Å². The first-order valence-electron chi connectivity index (χ1n) is 7.77. The third-order valence-electron chi connectivity index (χ3n) is 4.36. The molecule has 0 amide bonds. The predicted molar refractivity (Wildman–Crippen MR) is 86.4 cm³/mol. The van der Waals surface area contributed by atoms with Crippen molar-refractivity contribution in [3.8, 4) is 6.07 Å². The molecule has 1 aliphatic carbocycles. The van der Waals surface area contributed by atoms with Crippen LogP contribution in [-0.2, 0) is 6.42 Å². The number of hydrogen-bond donors (Lipinski definition) is 0. The zero-order valence-electron chi connectivity index (χ0n) is 13.1. The summed E-state index contributed by atoms with van der Waals surface area (Å²) in [5, 5.41) is 9.50. The van der Waals surface area contributed by atoms with Crippen LogP contribution in [0, 0.1) is 17.2 Å². The lowest BCUT2D eigenvalue weighted by Gasteiger charge is -2.19. The number of allylic oxidation sites excluding steroid dienone is 2. The number of aromatic nitrogens is 1. The Hall–Kier alpha value is -1.95. The highest BCUT2D eigenvalue weighted by atomic mass is 14.7. The van der Waals surface area contributed by atoms with Gasteiger partial charge in [0.15, 0.2) is 0 Å². The van der Waals surface area contributed by atoms with Crippen LogP contribution in [0.25, 0.3) is 0 Å². The minimum atomic E-state index is 0.147. The lowest BCUT2D eigenvalue weighted by Crippen LogP contribution is -2.16. The molecule has 0 N–H and O–H groups in total. The summed E-state index contributed by atoms with van der Waals surface area (Å²) in [5.74, 6) is 0.615. The molecule has 1 aromatic rings. The maximum atomic E-state index is 9.50. The van der Waals surface area contributed by atoms with Gasteiger partial charge in [0, 0.05) is 19.2 Å². The van der Waals surface area contributed by atoms with Gasteiger partial charge in [0.05, 0.1) is 17.0 Å². The molecule has 0 aromatic carbocycles. The molecule has 0 radical (unpaired) electrons. The van der Waals surface area contributed by atoms with Crippen LogP contribution in [0.2, 0.25) is 0 Å². The Morgan fingerprint density at radius 2 is 2.19 bits per heavy atom. The quantitative estimate of drug-likeness (QED) is 0.838. The SMILES string of the molecule is CCc1cccnc1C1CCC(CC)C=C(C#N)C1=NC. The first kappa shape index (κ1) is 15.4. The molecule has 0 fully saturated rings. The summed E-state index contributed by atoms with van der Waals surface area (Å²) in [6, 6.07) is 6.47. The van der Waals surface area contributed by atoms with Crippen molar-refractivity contribution in [1.82, 2.24) is 4.98 Å². The molecule has 110 valence electrons. The van der Waals surface area contributed by atoms with E-state index in [2.05, 4.69) is 42.0 Å². The second-order valence-corrected chi connectivity index (χ2v) is 5.50. The molecular formula is C18H23N3. The fraction of sp³-hybridized carbons (Fsp3) is 0.500. The summed E-state index contributed by atoms with van der Waals surface area (Å²) in [4.78, 5) is 9.06. The Bertz CT molecular complexity index is 593. The van der Waals surface area contributed by atoms with Crippen molar-refractivity contribution in [3.05, 3.63) is 41.2 Å². The van der Waals surface area contributed by atoms with Crippen molar-refractivity contribution >= 4 is 5.71 Å². The molecule has 2 atom stereocenters. The van der Waals surface area contributed by atoms with E-state index in [9.17, 15) is 5.26 Å². The molecule has 0 saturated heterocycles. The van der Waals surface area contributed by atoms with E-state index in [1.807, 2.05) is 12.3 Å². The van der Waals surface area contributed by atoms with Crippen molar-refractivity contribution in [2.24, 2.45) is 10.9 Å². The number of aryl methyl sites for hydroxylation is 1. The fourth-order valence-electron chi connectivity index (χ4n) is 3.13. The average Bonchev–Trinajstić information content (AvgIpc) is 2.73. The largest absolute Gasteiger partial charge is 0.291 e. The molecule has 21 heavy (non-hydrogen) atoms. The molecule has 3 nitrogen and oxygen atoms in total. The Morgan fingerprint density at radius 1 is 1.38 bits per heavy atom. The van der Waals surface area contributed by atoms with E-state index in [1.165, 1.54) is 5.56 Å². The summed E-state index contributed by atoms with van der Waals surface area (Å²) in [5.41, 5.74) is 4.00. The van der Waals surface area contributed by atoms with Crippen molar-refractivity contribution in [2.75, 3.05) is 7.05 Å². The van der Waals surface area contributed by atoms with Gasteiger partial charge >= 0.3 is 0 Å². The van der Waals surface area contributed by atoms with E-state index in [-0.39, 0.29) is 5.92 Å². The van der Waals surface area contributed by atoms with Crippen molar-refractivity contribution in [3.63, 3.8) is 0 Å². The van der Waals surface area contributed by atoms with Gasteiger partial charge in [0.1, 0.15) is 6.07 Å². The molecule has 0 spiro atoms. The van der Waals surface area contributed by atoms with Crippen molar-refractivity contribution < 1.29 is 0 Å². The number of hydrogen-bond acceptors (Lipinski definition) is 3. The van der Waals surface area contributed by atoms with E-state index < -0.39 is 0 Å². The Kier molecular flexibility index (Phi) is 5.27. The molecule has 2 rings (SSSR count). The lowest BCUT2D eigenvalue weighted by atomic mass is 9.88. The highest BCUT2D eigenvalue weighted by Gasteiger charge is 2.28. The molecule has 1 heterocycles. The molecule has 3 heteroatoms. The molecule has 1 aliphatic rings. The van der Waals surface area contributed by atoms with Crippen LogP contribution in [0.4, 0.5) is 0 Å². The Balaban J connectivity index is 2.49. The minimum Gasteiger partial charge on any atom is -0.291 e. The van der Waals surface area contributed by atoms with Gasteiger partial charge in [-0.1, -0.05) is 26.0 Å². The fourth-order valence-corrected chi connectivity index (χ4v) is 3.13. The zero-order chi connectivity index (χ0) is 15.2. The third-order valence-corrected chi connectivity index (χ3v) is 4.36. The molecule has 2 unspecified atom stereocenters. The van der Waals surface area contributed by atoms with E-state index in [1.54, 1.807) is 7.05 Å². The number of nitrogens with zero attached hydrogens (tertiary/aromatic N) is 3. The number of nitriles is 1. The van der Waals surface area contributed by atoms with Crippen molar-refractivity contribution in [2.45, 2.75) is 45.4 Å². The van der Waals surface area contributed by atoms with E-state index in [0.29, 0.717) is 5.92 Å². The van der Waals surface area contributed by atoms with Crippen LogP contribution in [0.1, 0.15) is 50.3 Å². The maximum absolute atomic E-state index is 9.50. The average molecular weight is 281 g/mol. The second-order valence-electron chi connectivity index (χ2n) is 5.50. The third kappa shape index (κ3) is 3.21. The second kappa shape index (κ2) is 7.17. The van der Waals surface area contributed by atoms with Gasteiger partial charge in [-0.3, -0.25) is 9.98 Å². The summed E-state index contributed by atoms with van der Waals surface area (Å²) in [6.07, 6.45) is 8.08. The van der Waals surface area contributed by atoms with Gasteiger partial charge in [-0.25, -0.2) is 0 Å².